The van der Waals surface area contributed by atoms with Crippen LogP contribution in [-0.4, -0.2) is 37.4 Å². The van der Waals surface area contributed by atoms with Crippen LogP contribution in [0.5, 0.6) is 11.5 Å². The Kier molecular flexibility index (Phi) is 8.26. The number of nitrogens with zero attached hydrogens (tertiary/aromatic N) is 1. The van der Waals surface area contributed by atoms with Crippen molar-refractivity contribution >= 4 is 29.3 Å². The number of nitrogens with one attached hydrogen (secondary N) is 1. The fraction of sp³-hybridized carbons (Fsp3) is 0.304. The van der Waals surface area contributed by atoms with E-state index in [2.05, 4.69) is 10.3 Å². The predicted octanol–water partition coefficient (Wildman–Crippen LogP) is 4.91. The van der Waals surface area contributed by atoms with Crippen molar-refractivity contribution in [3.05, 3.63) is 64.5 Å². The van der Waals surface area contributed by atoms with Gasteiger partial charge in [0.1, 0.15) is 5.76 Å². The topological polar surface area (TPSA) is 73.6 Å². The summed E-state index contributed by atoms with van der Waals surface area (Å²) in [5.74, 6) is 3.46. The molecule has 31 heavy (non-hydrogen) atoms. The molecule has 0 fully saturated rings. The quantitative estimate of drug-likeness (QED) is 0.463. The highest BCUT2D eigenvalue weighted by molar-refractivity contribution is 7.99. The van der Waals surface area contributed by atoms with Gasteiger partial charge in [0.15, 0.2) is 11.5 Å². The number of aromatic nitrogens is 1. The maximum Gasteiger partial charge on any atom is 0.230 e. The second-order valence-corrected chi connectivity index (χ2v) is 8.23. The van der Waals surface area contributed by atoms with Gasteiger partial charge < -0.3 is 19.2 Å². The minimum absolute atomic E-state index is 0.000209. The number of hydrogen-bond donors (Lipinski definition) is 1. The van der Waals surface area contributed by atoms with Crippen molar-refractivity contribution in [2.45, 2.75) is 19.1 Å². The molecule has 164 valence electrons. The smallest absolute Gasteiger partial charge is 0.230 e. The first-order valence-electron chi connectivity index (χ1n) is 9.77. The minimum Gasteiger partial charge on any atom is -0.493 e. The van der Waals surface area contributed by atoms with Gasteiger partial charge in [-0.3, -0.25) is 4.79 Å². The Bertz CT molecular complexity index is 1020. The molecule has 6 nitrogen and oxygen atoms in total. The summed E-state index contributed by atoms with van der Waals surface area (Å²) in [5, 5.41) is 3.65. The van der Waals surface area contributed by atoms with Crippen LogP contribution < -0.4 is 14.8 Å². The van der Waals surface area contributed by atoms with E-state index in [9.17, 15) is 4.79 Å². The summed E-state index contributed by atoms with van der Waals surface area (Å²) in [6.07, 6.45) is 0.769. The van der Waals surface area contributed by atoms with Gasteiger partial charge in [-0.2, -0.15) is 0 Å². The molecule has 0 aliphatic heterocycles. The SMILES string of the molecule is COc1ccc(-c2nc(CSCC(=O)NCCc3ccc(Cl)cc3)c(C)o2)cc1OC. The van der Waals surface area contributed by atoms with Gasteiger partial charge in [-0.05, 0) is 49.2 Å². The highest BCUT2D eigenvalue weighted by atomic mass is 35.5. The maximum atomic E-state index is 12.1. The van der Waals surface area contributed by atoms with E-state index < -0.39 is 0 Å². The van der Waals surface area contributed by atoms with Gasteiger partial charge in [0.2, 0.25) is 11.8 Å². The van der Waals surface area contributed by atoms with Gasteiger partial charge in [0, 0.05) is 22.9 Å². The molecule has 0 spiro atoms. The normalized spacial score (nSPS) is 10.7. The molecule has 8 heteroatoms. The summed E-state index contributed by atoms with van der Waals surface area (Å²) in [6.45, 7) is 2.47. The van der Waals surface area contributed by atoms with E-state index in [0.717, 1.165) is 29.0 Å². The number of benzene rings is 2. The molecule has 0 atom stereocenters. The standard InChI is InChI=1S/C23H25ClN2O4S/c1-15-19(26-23(30-15)17-6-9-20(28-2)21(12-17)29-3)13-31-14-22(27)25-11-10-16-4-7-18(24)8-5-16/h4-9,12H,10-11,13-14H2,1-3H3,(H,25,27). The third-order valence-electron chi connectivity index (χ3n) is 4.64. The number of amides is 1. The second kappa shape index (κ2) is 11.1. The number of aryl methyl sites for hydroxylation is 1. The molecular weight excluding hydrogens is 436 g/mol. The number of ether oxygens (including phenoxy) is 2. The summed E-state index contributed by atoms with van der Waals surface area (Å²) < 4.78 is 16.4. The molecule has 1 amide bonds. The first kappa shape index (κ1) is 23.0. The van der Waals surface area contributed by atoms with E-state index >= 15 is 0 Å². The van der Waals surface area contributed by atoms with Crippen LogP contribution in [0.15, 0.2) is 46.9 Å². The summed E-state index contributed by atoms with van der Waals surface area (Å²) in [6, 6.07) is 13.2. The Morgan fingerprint density at radius 1 is 1.13 bits per heavy atom. The molecule has 0 aliphatic rings. The van der Waals surface area contributed by atoms with Crippen molar-refractivity contribution in [3.63, 3.8) is 0 Å². The average molecular weight is 461 g/mol. The van der Waals surface area contributed by atoms with Gasteiger partial charge in [-0.25, -0.2) is 4.98 Å². The van der Waals surface area contributed by atoms with Crippen LogP contribution in [0.2, 0.25) is 5.02 Å². The van der Waals surface area contributed by atoms with Crippen LogP contribution >= 0.6 is 23.4 Å². The van der Waals surface area contributed by atoms with Gasteiger partial charge in [-0.15, -0.1) is 11.8 Å². The second-order valence-electron chi connectivity index (χ2n) is 6.81. The summed E-state index contributed by atoms with van der Waals surface area (Å²) in [5.41, 5.74) is 2.76. The van der Waals surface area contributed by atoms with E-state index in [1.807, 2.05) is 49.4 Å². The zero-order chi connectivity index (χ0) is 22.2. The van der Waals surface area contributed by atoms with Crippen molar-refractivity contribution < 1.29 is 18.7 Å². The molecule has 3 rings (SSSR count). The number of carbonyl (C=O) groups is 1. The largest absolute Gasteiger partial charge is 0.493 e. The first-order valence-corrected chi connectivity index (χ1v) is 11.3. The van der Waals surface area contributed by atoms with Crippen LogP contribution in [0.1, 0.15) is 17.0 Å². The van der Waals surface area contributed by atoms with E-state index in [0.29, 0.717) is 40.5 Å². The van der Waals surface area contributed by atoms with E-state index in [1.165, 1.54) is 11.8 Å². The molecule has 1 N–H and O–H groups in total. The number of methoxy groups -OCH3 is 2. The lowest BCUT2D eigenvalue weighted by Gasteiger charge is -2.07. The third-order valence-corrected chi connectivity index (χ3v) is 5.84. The fourth-order valence-electron chi connectivity index (χ4n) is 2.94. The van der Waals surface area contributed by atoms with Gasteiger partial charge >= 0.3 is 0 Å². The molecule has 1 heterocycles. The van der Waals surface area contributed by atoms with Crippen LogP contribution in [0.25, 0.3) is 11.5 Å². The highest BCUT2D eigenvalue weighted by Crippen LogP contribution is 2.33. The molecule has 0 aliphatic carbocycles. The molecule has 0 unspecified atom stereocenters. The Morgan fingerprint density at radius 3 is 2.58 bits per heavy atom. The van der Waals surface area contributed by atoms with E-state index in [4.69, 9.17) is 25.5 Å². The first-order chi connectivity index (χ1) is 15.0. The van der Waals surface area contributed by atoms with Crippen LogP contribution in [0.4, 0.5) is 0 Å². The number of thioether (sulfide) groups is 1. The molecule has 3 aromatic rings. The lowest BCUT2D eigenvalue weighted by molar-refractivity contribution is -0.118. The van der Waals surface area contributed by atoms with Crippen molar-refractivity contribution in [1.82, 2.24) is 10.3 Å². The molecule has 0 radical (unpaired) electrons. The van der Waals surface area contributed by atoms with Crippen molar-refractivity contribution in [1.29, 1.82) is 0 Å². The molecule has 0 saturated carbocycles. The minimum atomic E-state index is 0.000209. The molecule has 0 bridgehead atoms. The van der Waals surface area contributed by atoms with Crippen molar-refractivity contribution in [2.24, 2.45) is 0 Å². The van der Waals surface area contributed by atoms with Gasteiger partial charge in [0.05, 0.1) is 25.7 Å². The zero-order valence-electron chi connectivity index (χ0n) is 17.7. The molecule has 0 saturated heterocycles. The fourth-order valence-corrected chi connectivity index (χ4v) is 3.92. The summed E-state index contributed by atoms with van der Waals surface area (Å²) in [4.78, 5) is 16.7. The van der Waals surface area contributed by atoms with Crippen LogP contribution in [0, 0.1) is 6.92 Å². The van der Waals surface area contributed by atoms with E-state index in [1.54, 1.807) is 14.2 Å². The zero-order valence-corrected chi connectivity index (χ0v) is 19.3. The Morgan fingerprint density at radius 2 is 1.87 bits per heavy atom. The molecule has 1 aromatic heterocycles. The monoisotopic (exact) mass is 460 g/mol. The Balaban J connectivity index is 1.48. The molecular formula is C23H25ClN2O4S. The predicted molar refractivity (Wildman–Crippen MR) is 124 cm³/mol. The Labute approximate surface area is 191 Å². The third kappa shape index (κ3) is 6.42. The number of carbonyl (C=O) groups excluding carboxylic acids is 1. The van der Waals surface area contributed by atoms with Crippen LogP contribution in [0.3, 0.4) is 0 Å². The molecule has 2 aromatic carbocycles. The van der Waals surface area contributed by atoms with Crippen LogP contribution in [-0.2, 0) is 17.0 Å². The van der Waals surface area contributed by atoms with E-state index in [-0.39, 0.29) is 5.91 Å². The highest BCUT2D eigenvalue weighted by Gasteiger charge is 2.14. The summed E-state index contributed by atoms with van der Waals surface area (Å²) in [7, 11) is 3.18. The Hall–Kier alpha value is -2.64. The van der Waals surface area contributed by atoms with Crippen molar-refractivity contribution in [3.8, 4) is 23.0 Å². The number of oxazole rings is 1. The maximum absolute atomic E-state index is 12.1. The van der Waals surface area contributed by atoms with Gasteiger partial charge in [-0.1, -0.05) is 23.7 Å². The summed E-state index contributed by atoms with van der Waals surface area (Å²) >= 11 is 7.38. The van der Waals surface area contributed by atoms with Gasteiger partial charge in [0.25, 0.3) is 0 Å². The van der Waals surface area contributed by atoms with Crippen molar-refractivity contribution in [2.75, 3.05) is 26.5 Å². The number of rotatable bonds is 10. The lowest BCUT2D eigenvalue weighted by atomic mass is 10.1. The number of halogens is 1. The average Bonchev–Trinajstić information content (AvgIpc) is 3.15. The number of hydrogen-bond acceptors (Lipinski definition) is 6. The lowest BCUT2D eigenvalue weighted by Crippen LogP contribution is -2.27.